The van der Waals surface area contributed by atoms with Crippen LogP contribution in [0, 0.1) is 0 Å². The molecule has 0 saturated carbocycles. The largest absolute Gasteiger partial charge is 0.447 e. The topological polar surface area (TPSA) is 41.6 Å². The van der Waals surface area contributed by atoms with Crippen molar-refractivity contribution < 1.29 is 9.53 Å². The van der Waals surface area contributed by atoms with Gasteiger partial charge in [0.1, 0.15) is 6.61 Å². The number of amides is 1. The zero-order valence-corrected chi connectivity index (χ0v) is 14.5. The van der Waals surface area contributed by atoms with Crippen LogP contribution < -0.4 is 10.2 Å². The van der Waals surface area contributed by atoms with E-state index < -0.39 is 0 Å². The van der Waals surface area contributed by atoms with Gasteiger partial charge in [-0.1, -0.05) is 66.7 Å². The van der Waals surface area contributed by atoms with Crippen LogP contribution in [-0.2, 0) is 11.3 Å². The van der Waals surface area contributed by atoms with Gasteiger partial charge in [0.05, 0.1) is 6.54 Å². The molecule has 0 atom stereocenters. The standard InChI is InChI=1S/C22H22N2O2/c25-22(26-17-16-23-20-12-6-2-7-13-20)24(21-14-8-3-9-15-21)18-19-10-4-1-5-11-19/h1-15,23H,16-18H2. The Bertz CT molecular complexity index is 792. The lowest BCUT2D eigenvalue weighted by atomic mass is 10.2. The van der Waals surface area contributed by atoms with E-state index in [4.69, 9.17) is 4.74 Å². The minimum absolute atomic E-state index is 0.297. The average molecular weight is 346 g/mol. The second-order valence-corrected chi connectivity index (χ2v) is 5.81. The maximum atomic E-state index is 12.6. The fraction of sp³-hybridized carbons (Fsp3) is 0.136. The van der Waals surface area contributed by atoms with Crippen LogP contribution in [0.5, 0.6) is 0 Å². The number of para-hydroxylation sites is 2. The van der Waals surface area contributed by atoms with Gasteiger partial charge in [-0.15, -0.1) is 0 Å². The lowest BCUT2D eigenvalue weighted by molar-refractivity contribution is 0.157. The van der Waals surface area contributed by atoms with Crippen molar-refractivity contribution in [2.45, 2.75) is 6.54 Å². The molecule has 0 bridgehead atoms. The van der Waals surface area contributed by atoms with Crippen LogP contribution in [0.25, 0.3) is 0 Å². The van der Waals surface area contributed by atoms with E-state index >= 15 is 0 Å². The first kappa shape index (κ1) is 17.5. The van der Waals surface area contributed by atoms with Crippen LogP contribution in [0.2, 0.25) is 0 Å². The molecule has 0 aliphatic heterocycles. The van der Waals surface area contributed by atoms with Crippen LogP contribution in [0.3, 0.4) is 0 Å². The summed E-state index contributed by atoms with van der Waals surface area (Å²) >= 11 is 0. The molecule has 4 heteroatoms. The molecular weight excluding hydrogens is 324 g/mol. The van der Waals surface area contributed by atoms with E-state index in [-0.39, 0.29) is 6.09 Å². The highest BCUT2D eigenvalue weighted by molar-refractivity contribution is 5.87. The molecule has 26 heavy (non-hydrogen) atoms. The lowest BCUT2D eigenvalue weighted by Gasteiger charge is -2.22. The summed E-state index contributed by atoms with van der Waals surface area (Å²) < 4.78 is 5.48. The van der Waals surface area contributed by atoms with E-state index in [9.17, 15) is 4.79 Å². The number of rotatable bonds is 7. The number of anilines is 2. The normalized spacial score (nSPS) is 10.2. The molecule has 0 unspecified atom stereocenters. The van der Waals surface area contributed by atoms with Gasteiger partial charge in [-0.3, -0.25) is 4.90 Å². The van der Waals surface area contributed by atoms with Gasteiger partial charge in [0.25, 0.3) is 0 Å². The summed E-state index contributed by atoms with van der Waals surface area (Å²) in [5.74, 6) is 0. The third-order valence-corrected chi connectivity index (χ3v) is 3.90. The molecular formula is C22H22N2O2. The Morgan fingerprint density at radius 3 is 2.04 bits per heavy atom. The molecule has 0 fully saturated rings. The van der Waals surface area contributed by atoms with Gasteiger partial charge >= 0.3 is 6.09 Å². The number of nitrogens with zero attached hydrogens (tertiary/aromatic N) is 1. The van der Waals surface area contributed by atoms with Gasteiger partial charge in [-0.25, -0.2) is 4.79 Å². The van der Waals surface area contributed by atoms with E-state index in [0.29, 0.717) is 19.7 Å². The molecule has 3 rings (SSSR count). The van der Waals surface area contributed by atoms with Crippen molar-refractivity contribution in [2.24, 2.45) is 0 Å². The number of carbonyl (C=O) groups excluding carboxylic acids is 1. The second-order valence-electron chi connectivity index (χ2n) is 5.81. The van der Waals surface area contributed by atoms with E-state index in [1.807, 2.05) is 91.0 Å². The maximum absolute atomic E-state index is 12.6. The minimum Gasteiger partial charge on any atom is -0.447 e. The number of benzene rings is 3. The Morgan fingerprint density at radius 1 is 0.808 bits per heavy atom. The van der Waals surface area contributed by atoms with Crippen LogP contribution >= 0.6 is 0 Å². The summed E-state index contributed by atoms with van der Waals surface area (Å²) in [7, 11) is 0. The molecule has 1 N–H and O–H groups in total. The minimum atomic E-state index is -0.352. The van der Waals surface area contributed by atoms with Gasteiger partial charge in [-0.05, 0) is 29.8 Å². The van der Waals surface area contributed by atoms with E-state index in [2.05, 4.69) is 5.32 Å². The molecule has 132 valence electrons. The molecule has 1 amide bonds. The van der Waals surface area contributed by atoms with E-state index in [1.54, 1.807) is 4.90 Å². The van der Waals surface area contributed by atoms with Crippen molar-refractivity contribution in [3.05, 3.63) is 96.6 Å². The smallest absolute Gasteiger partial charge is 0.414 e. The number of hydrogen-bond acceptors (Lipinski definition) is 3. The van der Waals surface area contributed by atoms with Gasteiger partial charge in [0.2, 0.25) is 0 Å². The van der Waals surface area contributed by atoms with Crippen molar-refractivity contribution in [1.29, 1.82) is 0 Å². The maximum Gasteiger partial charge on any atom is 0.414 e. The van der Waals surface area contributed by atoms with Gasteiger partial charge in [-0.2, -0.15) is 0 Å². The van der Waals surface area contributed by atoms with Crippen LogP contribution in [0.1, 0.15) is 5.56 Å². The van der Waals surface area contributed by atoms with Crippen molar-refractivity contribution >= 4 is 17.5 Å². The number of carbonyl (C=O) groups is 1. The summed E-state index contributed by atoms with van der Waals surface area (Å²) in [6, 6.07) is 29.3. The Hall–Kier alpha value is -3.27. The summed E-state index contributed by atoms with van der Waals surface area (Å²) in [4.78, 5) is 14.3. The fourth-order valence-corrected chi connectivity index (χ4v) is 2.60. The molecule has 4 nitrogen and oxygen atoms in total. The highest BCUT2D eigenvalue weighted by Gasteiger charge is 2.17. The zero-order chi connectivity index (χ0) is 18.0. The third-order valence-electron chi connectivity index (χ3n) is 3.90. The van der Waals surface area contributed by atoms with E-state index in [0.717, 1.165) is 16.9 Å². The summed E-state index contributed by atoms with van der Waals surface area (Å²) in [6.45, 7) is 1.32. The highest BCUT2D eigenvalue weighted by Crippen LogP contribution is 2.18. The molecule has 0 heterocycles. The lowest BCUT2D eigenvalue weighted by Crippen LogP contribution is -2.32. The number of hydrogen-bond donors (Lipinski definition) is 1. The van der Waals surface area contributed by atoms with Gasteiger partial charge in [0.15, 0.2) is 0 Å². The molecule has 0 saturated heterocycles. The molecule has 0 aliphatic rings. The predicted octanol–water partition coefficient (Wildman–Crippen LogP) is 4.94. The zero-order valence-electron chi connectivity index (χ0n) is 14.5. The first-order valence-corrected chi connectivity index (χ1v) is 8.65. The Kier molecular flexibility index (Phi) is 6.26. The highest BCUT2D eigenvalue weighted by atomic mass is 16.6. The van der Waals surface area contributed by atoms with Crippen LogP contribution in [0.4, 0.5) is 16.2 Å². The van der Waals surface area contributed by atoms with Crippen molar-refractivity contribution in [1.82, 2.24) is 0 Å². The molecule has 0 aromatic heterocycles. The van der Waals surface area contributed by atoms with Gasteiger partial charge < -0.3 is 10.1 Å². The van der Waals surface area contributed by atoms with E-state index in [1.165, 1.54) is 0 Å². The number of nitrogens with one attached hydrogen (secondary N) is 1. The fourth-order valence-electron chi connectivity index (χ4n) is 2.60. The Labute approximate surface area is 154 Å². The molecule has 3 aromatic rings. The third kappa shape index (κ3) is 5.11. The average Bonchev–Trinajstić information content (AvgIpc) is 2.71. The Balaban J connectivity index is 1.59. The monoisotopic (exact) mass is 346 g/mol. The molecule has 0 radical (unpaired) electrons. The van der Waals surface area contributed by atoms with Crippen molar-refractivity contribution in [3.63, 3.8) is 0 Å². The Morgan fingerprint density at radius 2 is 1.38 bits per heavy atom. The summed E-state index contributed by atoms with van der Waals surface area (Å²) in [6.07, 6.45) is -0.352. The van der Waals surface area contributed by atoms with Crippen LogP contribution in [-0.4, -0.2) is 19.2 Å². The second kappa shape index (κ2) is 9.28. The molecule has 0 spiro atoms. The van der Waals surface area contributed by atoms with Gasteiger partial charge in [0, 0.05) is 17.9 Å². The molecule has 3 aromatic carbocycles. The summed E-state index contributed by atoms with van der Waals surface area (Å²) in [5.41, 5.74) is 2.88. The first-order valence-electron chi connectivity index (χ1n) is 8.65. The van der Waals surface area contributed by atoms with Crippen LogP contribution in [0.15, 0.2) is 91.0 Å². The van der Waals surface area contributed by atoms with Crippen molar-refractivity contribution in [2.75, 3.05) is 23.4 Å². The summed E-state index contributed by atoms with van der Waals surface area (Å²) in [5, 5.41) is 3.23. The number of ether oxygens (including phenoxy) is 1. The van der Waals surface area contributed by atoms with Crippen molar-refractivity contribution in [3.8, 4) is 0 Å². The quantitative estimate of drug-likeness (QED) is 0.616. The first-order chi connectivity index (χ1) is 12.8. The SMILES string of the molecule is O=C(OCCNc1ccccc1)N(Cc1ccccc1)c1ccccc1. The molecule has 0 aliphatic carbocycles. The predicted molar refractivity (Wildman–Crippen MR) is 105 cm³/mol.